The van der Waals surface area contributed by atoms with Crippen LogP contribution in [-0.4, -0.2) is 30.4 Å². The average molecular weight is 317 g/mol. The Bertz CT molecular complexity index is 495. The number of ether oxygens (including phenoxy) is 1. The summed E-state index contributed by atoms with van der Waals surface area (Å²) in [6, 6.07) is 9.93. The number of rotatable bonds is 7. The number of hydrogen-bond acceptors (Lipinski definition) is 3. The zero-order valence-electron chi connectivity index (χ0n) is 14.0. The molecule has 1 amide bonds. The Morgan fingerprint density at radius 2 is 1.83 bits per heavy atom. The minimum atomic E-state index is -0.270. The molecule has 0 N–H and O–H groups in total. The van der Waals surface area contributed by atoms with Crippen LogP contribution in [0.3, 0.4) is 0 Å². The summed E-state index contributed by atoms with van der Waals surface area (Å²) in [5, 5.41) is 0. The van der Waals surface area contributed by atoms with Gasteiger partial charge in [-0.3, -0.25) is 9.59 Å². The first-order valence-corrected chi connectivity index (χ1v) is 8.57. The Morgan fingerprint density at radius 1 is 1.13 bits per heavy atom. The van der Waals surface area contributed by atoms with Gasteiger partial charge in [-0.2, -0.15) is 0 Å². The first-order chi connectivity index (χ1) is 11.2. The first-order valence-electron chi connectivity index (χ1n) is 8.57. The summed E-state index contributed by atoms with van der Waals surface area (Å²) in [7, 11) is 1.38. The minimum absolute atomic E-state index is 0.157. The van der Waals surface area contributed by atoms with Crippen LogP contribution >= 0.6 is 0 Å². The molecule has 126 valence electrons. The highest BCUT2D eigenvalue weighted by Crippen LogP contribution is 2.27. The standard InChI is InChI=1S/C19H27NO3/c1-23-19(22)12-13-20(15-17-10-6-3-7-11-17)18(21)14-16-8-4-2-5-9-16/h3,6-7,10-11,16H,2,4-5,8-9,12-15H2,1H3. The summed E-state index contributed by atoms with van der Waals surface area (Å²) in [5.41, 5.74) is 1.09. The smallest absolute Gasteiger partial charge is 0.307 e. The van der Waals surface area contributed by atoms with Crippen molar-refractivity contribution in [1.82, 2.24) is 4.90 Å². The fourth-order valence-electron chi connectivity index (χ4n) is 3.19. The van der Waals surface area contributed by atoms with E-state index in [0.717, 1.165) is 18.4 Å². The molecule has 0 aliphatic heterocycles. The van der Waals surface area contributed by atoms with E-state index in [4.69, 9.17) is 4.74 Å². The van der Waals surface area contributed by atoms with Gasteiger partial charge in [-0.25, -0.2) is 0 Å². The second kappa shape index (κ2) is 9.33. The van der Waals surface area contributed by atoms with Gasteiger partial charge in [-0.15, -0.1) is 0 Å². The molecule has 1 aromatic carbocycles. The number of nitrogens with zero attached hydrogens (tertiary/aromatic N) is 1. The first kappa shape index (κ1) is 17.5. The van der Waals surface area contributed by atoms with E-state index >= 15 is 0 Å². The van der Waals surface area contributed by atoms with Crippen molar-refractivity contribution in [2.45, 2.75) is 51.5 Å². The van der Waals surface area contributed by atoms with E-state index in [9.17, 15) is 9.59 Å². The van der Waals surface area contributed by atoms with Crippen molar-refractivity contribution in [3.63, 3.8) is 0 Å². The van der Waals surface area contributed by atoms with Gasteiger partial charge in [0.05, 0.1) is 13.5 Å². The molecular formula is C19H27NO3. The third-order valence-corrected chi connectivity index (χ3v) is 4.57. The molecule has 1 saturated carbocycles. The highest BCUT2D eigenvalue weighted by Gasteiger charge is 2.21. The molecule has 0 aromatic heterocycles. The summed E-state index contributed by atoms with van der Waals surface area (Å²) in [4.78, 5) is 25.9. The number of benzene rings is 1. The van der Waals surface area contributed by atoms with Crippen molar-refractivity contribution in [2.24, 2.45) is 5.92 Å². The molecule has 0 saturated heterocycles. The van der Waals surface area contributed by atoms with Crippen LogP contribution in [0.5, 0.6) is 0 Å². The quantitative estimate of drug-likeness (QED) is 0.723. The van der Waals surface area contributed by atoms with Crippen molar-refractivity contribution in [1.29, 1.82) is 0 Å². The summed E-state index contributed by atoms with van der Waals surface area (Å²) in [6.07, 6.45) is 6.93. The van der Waals surface area contributed by atoms with Crippen LogP contribution in [0, 0.1) is 5.92 Å². The molecule has 4 heteroatoms. The maximum absolute atomic E-state index is 12.7. The minimum Gasteiger partial charge on any atom is -0.469 e. The topological polar surface area (TPSA) is 46.6 Å². The van der Waals surface area contributed by atoms with E-state index in [1.54, 1.807) is 4.90 Å². The van der Waals surface area contributed by atoms with E-state index in [1.807, 2.05) is 30.3 Å². The second-order valence-corrected chi connectivity index (χ2v) is 6.34. The molecule has 1 aliphatic rings. The maximum atomic E-state index is 12.7. The Kier molecular flexibility index (Phi) is 7.11. The van der Waals surface area contributed by atoms with Crippen LogP contribution in [0.1, 0.15) is 50.5 Å². The average Bonchev–Trinajstić information content (AvgIpc) is 2.60. The molecule has 4 nitrogen and oxygen atoms in total. The lowest BCUT2D eigenvalue weighted by Crippen LogP contribution is -2.34. The summed E-state index contributed by atoms with van der Waals surface area (Å²) in [6.45, 7) is 0.983. The SMILES string of the molecule is COC(=O)CCN(Cc1ccccc1)C(=O)CC1CCCCC1. The second-order valence-electron chi connectivity index (χ2n) is 6.34. The molecule has 0 bridgehead atoms. The molecule has 0 atom stereocenters. The number of hydrogen-bond donors (Lipinski definition) is 0. The predicted octanol–water partition coefficient (Wildman–Crippen LogP) is 3.55. The summed E-state index contributed by atoms with van der Waals surface area (Å²) >= 11 is 0. The van der Waals surface area contributed by atoms with Crippen molar-refractivity contribution < 1.29 is 14.3 Å². The molecule has 0 spiro atoms. The van der Waals surface area contributed by atoms with E-state index in [1.165, 1.54) is 26.4 Å². The van der Waals surface area contributed by atoms with Crippen LogP contribution in [0.2, 0.25) is 0 Å². The molecular weight excluding hydrogens is 290 g/mol. The van der Waals surface area contributed by atoms with Gasteiger partial charge in [0, 0.05) is 19.5 Å². The lowest BCUT2D eigenvalue weighted by molar-refractivity contribution is -0.142. The Morgan fingerprint density at radius 3 is 2.48 bits per heavy atom. The highest BCUT2D eigenvalue weighted by molar-refractivity contribution is 5.77. The van der Waals surface area contributed by atoms with Gasteiger partial charge in [0.2, 0.25) is 5.91 Å². The van der Waals surface area contributed by atoms with Crippen LogP contribution < -0.4 is 0 Å². The predicted molar refractivity (Wildman–Crippen MR) is 89.7 cm³/mol. The van der Waals surface area contributed by atoms with Crippen LogP contribution in [0.15, 0.2) is 30.3 Å². The lowest BCUT2D eigenvalue weighted by Gasteiger charge is -2.27. The van der Waals surface area contributed by atoms with Crippen molar-refractivity contribution in [2.75, 3.05) is 13.7 Å². The van der Waals surface area contributed by atoms with Gasteiger partial charge >= 0.3 is 5.97 Å². The molecule has 23 heavy (non-hydrogen) atoms. The molecule has 0 heterocycles. The van der Waals surface area contributed by atoms with E-state index in [2.05, 4.69) is 0 Å². The molecule has 1 fully saturated rings. The number of carbonyl (C=O) groups is 2. The molecule has 1 aromatic rings. The molecule has 1 aliphatic carbocycles. The van der Waals surface area contributed by atoms with Crippen molar-refractivity contribution in [3.05, 3.63) is 35.9 Å². The fraction of sp³-hybridized carbons (Fsp3) is 0.579. The third kappa shape index (κ3) is 6.05. The van der Waals surface area contributed by atoms with Gasteiger partial charge in [-0.1, -0.05) is 49.6 Å². The van der Waals surface area contributed by atoms with Gasteiger partial charge in [0.1, 0.15) is 0 Å². The largest absolute Gasteiger partial charge is 0.469 e. The number of esters is 1. The maximum Gasteiger partial charge on any atom is 0.307 e. The van der Waals surface area contributed by atoms with Crippen molar-refractivity contribution >= 4 is 11.9 Å². The normalized spacial score (nSPS) is 15.2. The molecule has 0 radical (unpaired) electrons. The summed E-state index contributed by atoms with van der Waals surface area (Å²) < 4.78 is 4.70. The van der Waals surface area contributed by atoms with Gasteiger partial charge < -0.3 is 9.64 Å². The summed E-state index contributed by atoms with van der Waals surface area (Å²) in [5.74, 6) is 0.394. The lowest BCUT2D eigenvalue weighted by atomic mass is 9.86. The Hall–Kier alpha value is -1.84. The Labute approximate surface area is 138 Å². The van der Waals surface area contributed by atoms with Crippen LogP contribution in [0.4, 0.5) is 0 Å². The molecule has 0 unspecified atom stereocenters. The molecule has 2 rings (SSSR count). The zero-order valence-corrected chi connectivity index (χ0v) is 14.0. The third-order valence-electron chi connectivity index (χ3n) is 4.57. The van der Waals surface area contributed by atoms with Gasteiger partial charge in [-0.05, 0) is 24.3 Å². The zero-order chi connectivity index (χ0) is 16.5. The van der Waals surface area contributed by atoms with Gasteiger partial charge in [0.25, 0.3) is 0 Å². The van der Waals surface area contributed by atoms with E-state index < -0.39 is 0 Å². The van der Waals surface area contributed by atoms with Crippen LogP contribution in [-0.2, 0) is 20.9 Å². The Balaban J connectivity index is 1.95. The van der Waals surface area contributed by atoms with Crippen molar-refractivity contribution in [3.8, 4) is 0 Å². The van der Waals surface area contributed by atoms with E-state index in [0.29, 0.717) is 25.4 Å². The number of amides is 1. The number of methoxy groups -OCH3 is 1. The van der Waals surface area contributed by atoms with Gasteiger partial charge in [0.15, 0.2) is 0 Å². The number of carbonyl (C=O) groups excluding carboxylic acids is 2. The van der Waals surface area contributed by atoms with Crippen LogP contribution in [0.25, 0.3) is 0 Å². The monoisotopic (exact) mass is 317 g/mol. The van der Waals surface area contributed by atoms with E-state index in [-0.39, 0.29) is 18.3 Å². The fourth-order valence-corrected chi connectivity index (χ4v) is 3.19. The highest BCUT2D eigenvalue weighted by atomic mass is 16.5.